The van der Waals surface area contributed by atoms with Crippen molar-refractivity contribution in [3.05, 3.63) is 11.8 Å². The molecular formula is C6H11NO3. The average molecular weight is 145 g/mol. The Labute approximate surface area is 59.7 Å². The highest BCUT2D eigenvalue weighted by molar-refractivity contribution is 5.86. The molecule has 10 heavy (non-hydrogen) atoms. The lowest BCUT2D eigenvalue weighted by molar-refractivity contribution is -0.162. The topological polar surface area (TPSA) is 49.8 Å². The fourth-order valence-corrected chi connectivity index (χ4v) is 0.360. The third kappa shape index (κ3) is 3.09. The lowest BCUT2D eigenvalue weighted by Crippen LogP contribution is -2.23. The van der Waals surface area contributed by atoms with Crippen molar-refractivity contribution >= 4 is 5.91 Å². The zero-order valence-corrected chi connectivity index (χ0v) is 6.29. The Kier molecular flexibility index (Phi) is 3.49. The summed E-state index contributed by atoms with van der Waals surface area (Å²) in [5.74, 6) is -0.420. The highest BCUT2D eigenvalue weighted by atomic mass is 16.7. The van der Waals surface area contributed by atoms with E-state index in [0.717, 1.165) is 11.1 Å². The molecule has 1 amide bonds. The summed E-state index contributed by atoms with van der Waals surface area (Å²) in [4.78, 5) is 15.3. The minimum atomic E-state index is -0.387. The third-order valence-corrected chi connectivity index (χ3v) is 0.917. The maximum Gasteiger partial charge on any atom is 0.273 e. The average Bonchev–Trinajstić information content (AvgIpc) is 1.85. The number of hydrogen-bond acceptors (Lipinski definition) is 3. The normalized spacial score (nSPS) is 11.3. The molecule has 0 aromatic rings. The lowest BCUT2D eigenvalue weighted by atomic mass is 10.4. The van der Waals surface area contributed by atoms with Gasteiger partial charge < -0.3 is 5.11 Å². The van der Waals surface area contributed by atoms with Crippen LogP contribution in [0.3, 0.4) is 0 Å². The van der Waals surface area contributed by atoms with Crippen molar-refractivity contribution in [1.29, 1.82) is 0 Å². The lowest BCUT2D eigenvalue weighted by Gasteiger charge is -2.09. The first-order chi connectivity index (χ1) is 4.57. The first-order valence-electron chi connectivity index (χ1n) is 2.77. The predicted molar refractivity (Wildman–Crippen MR) is 36.2 cm³/mol. The van der Waals surface area contributed by atoms with Crippen LogP contribution in [0, 0.1) is 0 Å². The molecule has 0 saturated heterocycles. The number of carbonyl (C=O) groups excluding carboxylic acids is 1. The van der Waals surface area contributed by atoms with Gasteiger partial charge >= 0.3 is 0 Å². The van der Waals surface area contributed by atoms with Crippen molar-refractivity contribution in [2.45, 2.75) is 6.92 Å². The van der Waals surface area contributed by atoms with Crippen LogP contribution in [-0.4, -0.2) is 30.2 Å². The number of likely N-dealkylation sites (N-methyl/N-ethyl adjacent to an activating group) is 1. The summed E-state index contributed by atoms with van der Waals surface area (Å²) >= 11 is 0. The number of carbonyl (C=O) groups is 1. The van der Waals surface area contributed by atoms with Crippen LogP contribution in [0.25, 0.3) is 0 Å². The molecule has 0 aliphatic rings. The summed E-state index contributed by atoms with van der Waals surface area (Å²) in [5, 5.41) is 9.64. The molecule has 0 aromatic carbocycles. The van der Waals surface area contributed by atoms with Crippen LogP contribution in [0.4, 0.5) is 0 Å². The summed E-state index contributed by atoms with van der Waals surface area (Å²) in [6.07, 6.45) is 1.07. The van der Waals surface area contributed by atoms with Gasteiger partial charge in [0.25, 0.3) is 5.91 Å². The Morgan fingerprint density at radius 3 is 2.50 bits per heavy atom. The maximum atomic E-state index is 10.7. The van der Waals surface area contributed by atoms with Crippen LogP contribution in [0.15, 0.2) is 11.8 Å². The molecular weight excluding hydrogens is 134 g/mol. The number of amides is 1. The van der Waals surface area contributed by atoms with E-state index >= 15 is 0 Å². The molecule has 58 valence electrons. The van der Waals surface area contributed by atoms with Crippen LogP contribution < -0.4 is 0 Å². The molecule has 0 aliphatic heterocycles. The van der Waals surface area contributed by atoms with Crippen molar-refractivity contribution in [3.8, 4) is 0 Å². The van der Waals surface area contributed by atoms with Crippen LogP contribution in [0.1, 0.15) is 6.92 Å². The van der Waals surface area contributed by atoms with Crippen molar-refractivity contribution in [2.75, 3.05) is 14.2 Å². The van der Waals surface area contributed by atoms with Crippen LogP contribution in [-0.2, 0) is 9.63 Å². The van der Waals surface area contributed by atoms with Gasteiger partial charge in [0.15, 0.2) is 0 Å². The number of aliphatic hydroxyl groups excluding tert-OH is 1. The minimum absolute atomic E-state index is 0.0334. The van der Waals surface area contributed by atoms with E-state index in [0.29, 0.717) is 0 Å². The van der Waals surface area contributed by atoms with Crippen molar-refractivity contribution in [1.82, 2.24) is 5.06 Å². The molecule has 0 aliphatic carbocycles. The Bertz CT molecular complexity index is 149. The Morgan fingerprint density at radius 2 is 2.20 bits per heavy atom. The van der Waals surface area contributed by atoms with Gasteiger partial charge in [-0.1, -0.05) is 0 Å². The van der Waals surface area contributed by atoms with E-state index in [9.17, 15) is 4.79 Å². The molecule has 0 saturated carbocycles. The van der Waals surface area contributed by atoms with Gasteiger partial charge in [-0.3, -0.25) is 9.63 Å². The van der Waals surface area contributed by atoms with Gasteiger partial charge in [-0.2, -0.15) is 0 Å². The first-order valence-corrected chi connectivity index (χ1v) is 2.77. The quantitative estimate of drug-likeness (QED) is 0.349. The highest BCUT2D eigenvalue weighted by Gasteiger charge is 2.02. The molecule has 0 radical (unpaired) electrons. The second-order valence-corrected chi connectivity index (χ2v) is 1.80. The highest BCUT2D eigenvalue weighted by Crippen LogP contribution is 1.90. The standard InChI is InChI=1S/C6H11NO3/c1-5(8)4-6(9)7(2)10-3/h4,8H,1-3H3/b5-4+. The molecule has 0 spiro atoms. The number of hydrogen-bond donors (Lipinski definition) is 1. The molecule has 0 bridgehead atoms. The summed E-state index contributed by atoms with van der Waals surface area (Å²) in [5.41, 5.74) is 0. The van der Waals surface area contributed by atoms with E-state index in [2.05, 4.69) is 4.84 Å². The van der Waals surface area contributed by atoms with Gasteiger partial charge in [0.05, 0.1) is 12.9 Å². The van der Waals surface area contributed by atoms with Gasteiger partial charge in [0.1, 0.15) is 0 Å². The SMILES string of the molecule is CON(C)C(=O)/C=C(\C)O. The fraction of sp³-hybridized carbons (Fsp3) is 0.500. The zero-order valence-electron chi connectivity index (χ0n) is 6.29. The maximum absolute atomic E-state index is 10.7. The number of hydroxylamine groups is 2. The third-order valence-electron chi connectivity index (χ3n) is 0.917. The molecule has 0 atom stereocenters. The van der Waals surface area contributed by atoms with E-state index in [-0.39, 0.29) is 11.7 Å². The molecule has 1 N–H and O–H groups in total. The Hall–Kier alpha value is -1.03. The molecule has 0 unspecified atom stereocenters. The molecule has 0 aromatic heterocycles. The molecule has 0 fully saturated rings. The van der Waals surface area contributed by atoms with Crippen molar-refractivity contribution < 1.29 is 14.7 Å². The summed E-state index contributed by atoms with van der Waals surface area (Å²) in [6, 6.07) is 0. The van der Waals surface area contributed by atoms with E-state index in [1.807, 2.05) is 0 Å². The number of rotatable bonds is 2. The monoisotopic (exact) mass is 145 g/mol. The Morgan fingerprint density at radius 1 is 1.70 bits per heavy atom. The zero-order chi connectivity index (χ0) is 8.15. The fourth-order valence-electron chi connectivity index (χ4n) is 0.360. The van der Waals surface area contributed by atoms with Gasteiger partial charge in [-0.25, -0.2) is 5.06 Å². The summed E-state index contributed by atoms with van der Waals surface area (Å²) in [7, 11) is 2.83. The molecule has 4 nitrogen and oxygen atoms in total. The summed E-state index contributed by atoms with van der Waals surface area (Å²) in [6.45, 7) is 1.42. The second kappa shape index (κ2) is 3.90. The van der Waals surface area contributed by atoms with E-state index < -0.39 is 0 Å². The second-order valence-electron chi connectivity index (χ2n) is 1.80. The van der Waals surface area contributed by atoms with Crippen LogP contribution >= 0.6 is 0 Å². The number of allylic oxidation sites excluding steroid dienone is 1. The predicted octanol–water partition coefficient (Wildman–Crippen LogP) is 0.468. The van der Waals surface area contributed by atoms with Gasteiger partial charge in [-0.05, 0) is 6.92 Å². The smallest absolute Gasteiger partial charge is 0.273 e. The minimum Gasteiger partial charge on any atom is -0.512 e. The molecule has 0 heterocycles. The van der Waals surface area contributed by atoms with Gasteiger partial charge in [0.2, 0.25) is 0 Å². The van der Waals surface area contributed by atoms with E-state index in [1.54, 1.807) is 0 Å². The van der Waals surface area contributed by atoms with Gasteiger partial charge in [-0.15, -0.1) is 0 Å². The number of nitrogens with zero attached hydrogens (tertiary/aromatic N) is 1. The Balaban J connectivity index is 3.97. The molecule has 0 rings (SSSR count). The first kappa shape index (κ1) is 8.97. The molecule has 4 heteroatoms. The van der Waals surface area contributed by atoms with Crippen molar-refractivity contribution in [3.63, 3.8) is 0 Å². The van der Waals surface area contributed by atoms with E-state index in [1.165, 1.54) is 21.1 Å². The largest absolute Gasteiger partial charge is 0.512 e. The van der Waals surface area contributed by atoms with Crippen molar-refractivity contribution in [2.24, 2.45) is 0 Å². The summed E-state index contributed by atoms with van der Waals surface area (Å²) < 4.78 is 0. The van der Waals surface area contributed by atoms with E-state index in [4.69, 9.17) is 5.11 Å². The van der Waals surface area contributed by atoms with Crippen LogP contribution in [0.5, 0.6) is 0 Å². The van der Waals surface area contributed by atoms with Gasteiger partial charge in [0, 0.05) is 13.1 Å². The number of aliphatic hydroxyl groups is 1. The van der Waals surface area contributed by atoms with Crippen LogP contribution in [0.2, 0.25) is 0 Å².